The van der Waals surface area contributed by atoms with Gasteiger partial charge in [-0.25, -0.2) is 0 Å². The molecule has 2 N–H and O–H groups in total. The van der Waals surface area contributed by atoms with Crippen LogP contribution >= 0.6 is 0 Å². The van der Waals surface area contributed by atoms with Crippen molar-refractivity contribution in [1.29, 1.82) is 0 Å². The highest BCUT2D eigenvalue weighted by atomic mass is 16.1. The molecule has 0 fully saturated rings. The first kappa shape index (κ1) is 16.4. The number of unbranched alkanes of at least 4 members (excludes halogenated alkanes) is 2. The number of amides is 1. The summed E-state index contributed by atoms with van der Waals surface area (Å²) in [6.45, 7) is 10.2. The number of rotatable bonds is 10. The predicted molar refractivity (Wildman–Crippen MR) is 74.1 cm³/mol. The van der Waals surface area contributed by atoms with Gasteiger partial charge in [-0.1, -0.05) is 40.0 Å². The summed E-state index contributed by atoms with van der Waals surface area (Å²) >= 11 is 0. The van der Waals surface area contributed by atoms with Gasteiger partial charge in [0, 0.05) is 25.6 Å². The molecule has 3 heteroatoms. The smallest absolute Gasteiger partial charge is 0.221 e. The van der Waals surface area contributed by atoms with E-state index in [1.54, 1.807) is 0 Å². The summed E-state index contributed by atoms with van der Waals surface area (Å²) in [6, 6.07) is 0.527. The average Bonchev–Trinajstić information content (AvgIpc) is 2.27. The molecule has 0 radical (unpaired) electrons. The lowest BCUT2D eigenvalue weighted by Gasteiger charge is -2.13. The second-order valence-electron chi connectivity index (χ2n) is 5.30. The summed E-state index contributed by atoms with van der Waals surface area (Å²) < 4.78 is 0. The maximum Gasteiger partial charge on any atom is 0.221 e. The molecular weight excluding hydrogens is 212 g/mol. The first-order valence-electron chi connectivity index (χ1n) is 7.06. The molecule has 0 saturated heterocycles. The summed E-state index contributed by atoms with van der Waals surface area (Å²) in [7, 11) is 0. The van der Waals surface area contributed by atoms with Gasteiger partial charge in [0.15, 0.2) is 0 Å². The Hall–Kier alpha value is -0.570. The Morgan fingerprint density at radius 3 is 2.47 bits per heavy atom. The zero-order valence-electron chi connectivity index (χ0n) is 12.0. The zero-order chi connectivity index (χ0) is 13.1. The van der Waals surface area contributed by atoms with E-state index in [1.807, 2.05) is 0 Å². The van der Waals surface area contributed by atoms with Gasteiger partial charge in [-0.2, -0.15) is 0 Å². The number of hydrogen-bond acceptors (Lipinski definition) is 2. The molecular formula is C14H30N2O. The summed E-state index contributed by atoms with van der Waals surface area (Å²) in [4.78, 5) is 11.4. The molecule has 0 spiro atoms. The molecule has 0 saturated carbocycles. The van der Waals surface area contributed by atoms with Gasteiger partial charge >= 0.3 is 0 Å². The molecule has 0 aliphatic rings. The molecule has 0 aromatic rings. The van der Waals surface area contributed by atoms with Crippen LogP contribution in [0.4, 0.5) is 0 Å². The van der Waals surface area contributed by atoms with Crippen LogP contribution in [-0.4, -0.2) is 25.0 Å². The topological polar surface area (TPSA) is 41.1 Å². The number of carbonyl (C=O) groups excluding carboxylic acids is 1. The summed E-state index contributed by atoms with van der Waals surface area (Å²) in [5.74, 6) is 0.687. The lowest BCUT2D eigenvalue weighted by atomic mass is 10.1. The van der Waals surface area contributed by atoms with Crippen molar-refractivity contribution < 1.29 is 4.79 Å². The van der Waals surface area contributed by atoms with E-state index in [4.69, 9.17) is 0 Å². The van der Waals surface area contributed by atoms with E-state index in [1.165, 1.54) is 25.7 Å². The van der Waals surface area contributed by atoms with Crippen LogP contribution in [0.3, 0.4) is 0 Å². The van der Waals surface area contributed by atoms with Crippen molar-refractivity contribution in [1.82, 2.24) is 10.6 Å². The Bertz CT molecular complexity index is 193. The first-order valence-corrected chi connectivity index (χ1v) is 7.06. The lowest BCUT2D eigenvalue weighted by molar-refractivity contribution is -0.121. The molecule has 3 nitrogen and oxygen atoms in total. The van der Waals surface area contributed by atoms with E-state index in [0.717, 1.165) is 13.1 Å². The molecule has 0 bridgehead atoms. The van der Waals surface area contributed by atoms with Crippen LogP contribution in [0.2, 0.25) is 0 Å². The summed E-state index contributed by atoms with van der Waals surface area (Å²) in [6.07, 6.45) is 5.65. The molecule has 17 heavy (non-hydrogen) atoms. The first-order chi connectivity index (χ1) is 8.06. The Kier molecular flexibility index (Phi) is 10.2. The Morgan fingerprint density at radius 1 is 1.18 bits per heavy atom. The van der Waals surface area contributed by atoms with Gasteiger partial charge in [0.2, 0.25) is 5.91 Å². The third-order valence-electron chi connectivity index (χ3n) is 2.79. The molecule has 1 atom stereocenters. The van der Waals surface area contributed by atoms with Crippen LogP contribution in [-0.2, 0) is 4.79 Å². The molecule has 1 unspecified atom stereocenters. The van der Waals surface area contributed by atoms with E-state index in [-0.39, 0.29) is 5.91 Å². The monoisotopic (exact) mass is 242 g/mol. The fourth-order valence-electron chi connectivity index (χ4n) is 1.64. The second-order valence-corrected chi connectivity index (χ2v) is 5.30. The maximum absolute atomic E-state index is 11.4. The lowest BCUT2D eigenvalue weighted by Crippen LogP contribution is -2.33. The SMILES string of the molecule is CCCCCC(C)NCCC(=O)NCC(C)C. The number of carbonyl (C=O) groups is 1. The third kappa shape index (κ3) is 11.7. The van der Waals surface area contributed by atoms with Crippen LogP contribution in [0.25, 0.3) is 0 Å². The molecule has 0 aromatic carbocycles. The van der Waals surface area contributed by atoms with Gasteiger partial charge in [-0.3, -0.25) is 4.79 Å². The maximum atomic E-state index is 11.4. The van der Waals surface area contributed by atoms with Gasteiger partial charge in [-0.15, -0.1) is 0 Å². The number of nitrogens with one attached hydrogen (secondary N) is 2. The second kappa shape index (κ2) is 10.6. The highest BCUT2D eigenvalue weighted by molar-refractivity contribution is 5.76. The van der Waals surface area contributed by atoms with E-state index in [0.29, 0.717) is 18.4 Å². The van der Waals surface area contributed by atoms with E-state index < -0.39 is 0 Å². The average molecular weight is 242 g/mol. The molecule has 0 rings (SSSR count). The van der Waals surface area contributed by atoms with Crippen molar-refractivity contribution >= 4 is 5.91 Å². The zero-order valence-corrected chi connectivity index (χ0v) is 12.0. The van der Waals surface area contributed by atoms with Gasteiger partial charge < -0.3 is 10.6 Å². The summed E-state index contributed by atoms with van der Waals surface area (Å²) in [5, 5.41) is 6.33. The van der Waals surface area contributed by atoms with Crippen molar-refractivity contribution in [2.75, 3.05) is 13.1 Å². The van der Waals surface area contributed by atoms with Gasteiger partial charge in [0.25, 0.3) is 0 Å². The van der Waals surface area contributed by atoms with Crippen molar-refractivity contribution in [3.8, 4) is 0 Å². The minimum atomic E-state index is 0.159. The molecule has 0 aliphatic heterocycles. The van der Waals surface area contributed by atoms with Crippen molar-refractivity contribution in [2.24, 2.45) is 5.92 Å². The van der Waals surface area contributed by atoms with E-state index in [2.05, 4.69) is 38.3 Å². The third-order valence-corrected chi connectivity index (χ3v) is 2.79. The molecule has 102 valence electrons. The summed E-state index contributed by atoms with van der Waals surface area (Å²) in [5.41, 5.74) is 0. The van der Waals surface area contributed by atoms with Crippen LogP contribution in [0.15, 0.2) is 0 Å². The normalized spacial score (nSPS) is 12.8. The fraction of sp³-hybridized carbons (Fsp3) is 0.929. The molecule has 0 aromatic heterocycles. The highest BCUT2D eigenvalue weighted by Crippen LogP contribution is 2.02. The standard InChI is InChI=1S/C14H30N2O/c1-5-6-7-8-13(4)15-10-9-14(17)16-11-12(2)3/h12-13,15H,5-11H2,1-4H3,(H,16,17). The van der Waals surface area contributed by atoms with Crippen molar-refractivity contribution in [3.63, 3.8) is 0 Å². The fourth-order valence-corrected chi connectivity index (χ4v) is 1.64. The van der Waals surface area contributed by atoms with Crippen LogP contribution in [0.1, 0.15) is 59.8 Å². The Morgan fingerprint density at radius 2 is 1.88 bits per heavy atom. The van der Waals surface area contributed by atoms with Gasteiger partial charge in [0.1, 0.15) is 0 Å². The largest absolute Gasteiger partial charge is 0.356 e. The Balaban J connectivity index is 3.39. The predicted octanol–water partition coefficient (Wildman–Crippen LogP) is 2.71. The van der Waals surface area contributed by atoms with Crippen LogP contribution in [0, 0.1) is 5.92 Å². The Labute approximate surface area is 107 Å². The van der Waals surface area contributed by atoms with Crippen LogP contribution < -0.4 is 10.6 Å². The quantitative estimate of drug-likeness (QED) is 0.578. The molecule has 0 aliphatic carbocycles. The minimum absolute atomic E-state index is 0.159. The van der Waals surface area contributed by atoms with Gasteiger partial charge in [-0.05, 0) is 19.3 Å². The number of hydrogen-bond donors (Lipinski definition) is 2. The highest BCUT2D eigenvalue weighted by Gasteiger charge is 2.04. The van der Waals surface area contributed by atoms with E-state index in [9.17, 15) is 4.79 Å². The van der Waals surface area contributed by atoms with E-state index >= 15 is 0 Å². The molecule has 0 heterocycles. The minimum Gasteiger partial charge on any atom is -0.356 e. The molecule has 1 amide bonds. The van der Waals surface area contributed by atoms with Gasteiger partial charge in [0.05, 0.1) is 0 Å². The van der Waals surface area contributed by atoms with Crippen molar-refractivity contribution in [3.05, 3.63) is 0 Å². The van der Waals surface area contributed by atoms with Crippen LogP contribution in [0.5, 0.6) is 0 Å². The van der Waals surface area contributed by atoms with Crippen molar-refractivity contribution in [2.45, 2.75) is 65.8 Å².